The molecule has 17 heavy (non-hydrogen) atoms. The van der Waals surface area contributed by atoms with Gasteiger partial charge >= 0.3 is 0 Å². The second-order valence-electron chi connectivity index (χ2n) is 4.43. The molecule has 1 fully saturated rings. The van der Waals surface area contributed by atoms with Crippen LogP contribution in [-0.4, -0.2) is 11.9 Å². The molecule has 3 heteroatoms. The van der Waals surface area contributed by atoms with Crippen molar-refractivity contribution in [2.45, 2.75) is 32.7 Å². The molecule has 0 aromatic heterocycles. The third kappa shape index (κ3) is 1.91. The van der Waals surface area contributed by atoms with Crippen LogP contribution in [0.5, 0.6) is 0 Å². The van der Waals surface area contributed by atoms with Crippen LogP contribution in [0.15, 0.2) is 24.3 Å². The molecule has 0 spiro atoms. The summed E-state index contributed by atoms with van der Waals surface area (Å²) in [5.41, 5.74) is 2.12. The molecule has 1 saturated heterocycles. The third-order valence-corrected chi connectivity index (χ3v) is 3.45. The average molecular weight is 228 g/mol. The number of para-hydroxylation sites is 1. The fourth-order valence-electron chi connectivity index (χ4n) is 2.42. The van der Waals surface area contributed by atoms with E-state index in [-0.39, 0.29) is 17.9 Å². The largest absolute Gasteiger partial charge is 0.308 e. The molecule has 1 aliphatic heterocycles. The highest BCUT2D eigenvalue weighted by Crippen LogP contribution is 2.32. The average Bonchev–Trinajstić information content (AvgIpc) is 2.64. The summed E-state index contributed by atoms with van der Waals surface area (Å²) in [5.74, 6) is -0.127. The number of rotatable bonds is 2. The van der Waals surface area contributed by atoms with Crippen LogP contribution in [0.4, 0.5) is 5.69 Å². The zero-order valence-corrected chi connectivity index (χ0v) is 10.2. The Morgan fingerprint density at radius 3 is 2.76 bits per heavy atom. The molecule has 2 unspecified atom stereocenters. The molecule has 1 heterocycles. The molecule has 2 rings (SSSR count). The van der Waals surface area contributed by atoms with Crippen molar-refractivity contribution in [3.63, 3.8) is 0 Å². The van der Waals surface area contributed by atoms with E-state index in [1.54, 1.807) is 4.90 Å². The van der Waals surface area contributed by atoms with Crippen LogP contribution in [0.3, 0.4) is 0 Å². The molecule has 2 atom stereocenters. The van der Waals surface area contributed by atoms with E-state index in [2.05, 4.69) is 13.0 Å². The second-order valence-corrected chi connectivity index (χ2v) is 4.43. The Balaban J connectivity index is 2.40. The van der Waals surface area contributed by atoms with Crippen LogP contribution in [0, 0.1) is 17.2 Å². The van der Waals surface area contributed by atoms with Crippen molar-refractivity contribution in [2.24, 2.45) is 5.92 Å². The Bertz CT molecular complexity index is 475. The zero-order chi connectivity index (χ0) is 12.4. The predicted octanol–water partition coefficient (Wildman–Crippen LogP) is 2.51. The van der Waals surface area contributed by atoms with E-state index in [0.717, 1.165) is 17.7 Å². The normalized spacial score (nSPS) is 23.8. The van der Waals surface area contributed by atoms with E-state index in [1.807, 2.05) is 31.2 Å². The number of hydrogen-bond donors (Lipinski definition) is 0. The Kier molecular flexibility index (Phi) is 3.14. The molecule has 0 aliphatic carbocycles. The number of anilines is 1. The van der Waals surface area contributed by atoms with Gasteiger partial charge < -0.3 is 4.90 Å². The topological polar surface area (TPSA) is 44.1 Å². The summed E-state index contributed by atoms with van der Waals surface area (Å²) in [5, 5.41) is 9.02. The van der Waals surface area contributed by atoms with Crippen LogP contribution in [0.2, 0.25) is 0 Å². The molecule has 0 radical (unpaired) electrons. The van der Waals surface area contributed by atoms with Crippen molar-refractivity contribution >= 4 is 11.6 Å². The van der Waals surface area contributed by atoms with E-state index < -0.39 is 0 Å². The van der Waals surface area contributed by atoms with Gasteiger partial charge in [-0.1, -0.05) is 25.1 Å². The van der Waals surface area contributed by atoms with Crippen LogP contribution >= 0.6 is 0 Å². The van der Waals surface area contributed by atoms with Gasteiger partial charge in [-0.05, 0) is 25.0 Å². The Morgan fingerprint density at radius 2 is 2.18 bits per heavy atom. The first-order valence-corrected chi connectivity index (χ1v) is 5.98. The Hall–Kier alpha value is -1.82. The van der Waals surface area contributed by atoms with Gasteiger partial charge in [0.1, 0.15) is 0 Å². The summed E-state index contributed by atoms with van der Waals surface area (Å²) < 4.78 is 0. The van der Waals surface area contributed by atoms with Crippen LogP contribution < -0.4 is 4.90 Å². The van der Waals surface area contributed by atoms with Crippen LogP contribution in [-0.2, 0) is 11.2 Å². The fraction of sp³-hybridized carbons (Fsp3) is 0.429. The van der Waals surface area contributed by atoms with Crippen molar-refractivity contribution in [2.75, 3.05) is 4.90 Å². The lowest BCUT2D eigenvalue weighted by atomic mass is 10.0. The van der Waals surface area contributed by atoms with Gasteiger partial charge in [0.15, 0.2) is 0 Å². The number of carbonyl (C=O) groups is 1. The minimum atomic E-state index is -0.188. The number of carbonyl (C=O) groups excluding carboxylic acids is 1. The molecule has 0 N–H and O–H groups in total. The lowest BCUT2D eigenvalue weighted by Crippen LogP contribution is -2.33. The molecule has 88 valence electrons. The van der Waals surface area contributed by atoms with Gasteiger partial charge in [-0.3, -0.25) is 4.79 Å². The van der Waals surface area contributed by atoms with Crippen molar-refractivity contribution in [3.05, 3.63) is 29.8 Å². The van der Waals surface area contributed by atoms with Gasteiger partial charge in [0, 0.05) is 12.1 Å². The number of nitrogens with zero attached hydrogens (tertiary/aromatic N) is 2. The molecule has 0 bridgehead atoms. The molecular weight excluding hydrogens is 212 g/mol. The quantitative estimate of drug-likeness (QED) is 0.780. The van der Waals surface area contributed by atoms with Crippen LogP contribution in [0.25, 0.3) is 0 Å². The SMILES string of the molecule is CCc1ccccc1N1C(=O)CC(C#N)C1C. The van der Waals surface area contributed by atoms with E-state index in [1.165, 1.54) is 0 Å². The molecule has 0 saturated carbocycles. The molecule has 3 nitrogen and oxygen atoms in total. The number of nitriles is 1. The Morgan fingerprint density at radius 1 is 1.47 bits per heavy atom. The predicted molar refractivity (Wildman–Crippen MR) is 66.5 cm³/mol. The van der Waals surface area contributed by atoms with E-state index in [4.69, 9.17) is 5.26 Å². The first kappa shape index (κ1) is 11.7. The van der Waals surface area contributed by atoms with Gasteiger partial charge in [0.2, 0.25) is 5.91 Å². The van der Waals surface area contributed by atoms with Crippen molar-refractivity contribution in [1.82, 2.24) is 0 Å². The van der Waals surface area contributed by atoms with Crippen LogP contribution in [0.1, 0.15) is 25.8 Å². The highest BCUT2D eigenvalue weighted by Gasteiger charge is 2.38. The summed E-state index contributed by atoms with van der Waals surface area (Å²) in [6, 6.07) is 10.1. The van der Waals surface area contributed by atoms with E-state index in [9.17, 15) is 4.79 Å². The highest BCUT2D eigenvalue weighted by atomic mass is 16.2. The summed E-state index contributed by atoms with van der Waals surface area (Å²) in [7, 11) is 0. The summed E-state index contributed by atoms with van der Waals surface area (Å²) >= 11 is 0. The van der Waals surface area contributed by atoms with Crippen molar-refractivity contribution < 1.29 is 4.79 Å². The summed E-state index contributed by atoms with van der Waals surface area (Å²) in [6.45, 7) is 4.02. The molecule has 1 amide bonds. The number of benzene rings is 1. The maximum absolute atomic E-state index is 12.0. The monoisotopic (exact) mass is 228 g/mol. The van der Waals surface area contributed by atoms with E-state index in [0.29, 0.717) is 6.42 Å². The van der Waals surface area contributed by atoms with Crippen molar-refractivity contribution in [3.8, 4) is 6.07 Å². The van der Waals surface area contributed by atoms with E-state index >= 15 is 0 Å². The maximum Gasteiger partial charge on any atom is 0.228 e. The van der Waals surface area contributed by atoms with Gasteiger partial charge in [-0.15, -0.1) is 0 Å². The molecule has 1 aliphatic rings. The van der Waals surface area contributed by atoms with Gasteiger partial charge in [0.25, 0.3) is 0 Å². The van der Waals surface area contributed by atoms with Gasteiger partial charge in [-0.2, -0.15) is 5.26 Å². The molecular formula is C14H16N2O. The maximum atomic E-state index is 12.0. The number of amides is 1. The molecule has 1 aromatic rings. The van der Waals surface area contributed by atoms with Crippen molar-refractivity contribution in [1.29, 1.82) is 5.26 Å². The minimum absolute atomic E-state index is 0.0276. The fourth-order valence-corrected chi connectivity index (χ4v) is 2.42. The minimum Gasteiger partial charge on any atom is -0.308 e. The van der Waals surface area contributed by atoms with Gasteiger partial charge in [-0.25, -0.2) is 0 Å². The number of aryl methyl sites for hydroxylation is 1. The lowest BCUT2D eigenvalue weighted by molar-refractivity contribution is -0.117. The lowest BCUT2D eigenvalue weighted by Gasteiger charge is -2.25. The first-order chi connectivity index (χ1) is 8.19. The third-order valence-electron chi connectivity index (χ3n) is 3.45. The summed E-state index contributed by atoms with van der Waals surface area (Å²) in [4.78, 5) is 13.8. The molecule has 1 aromatic carbocycles. The highest BCUT2D eigenvalue weighted by molar-refractivity contribution is 5.97. The second kappa shape index (κ2) is 4.58. The standard InChI is InChI=1S/C14H16N2O/c1-3-11-6-4-5-7-13(11)16-10(2)12(9-15)8-14(16)17/h4-7,10,12H,3,8H2,1-2H3. The number of hydrogen-bond acceptors (Lipinski definition) is 2. The zero-order valence-electron chi connectivity index (χ0n) is 10.2. The van der Waals surface area contributed by atoms with Gasteiger partial charge in [0.05, 0.1) is 18.0 Å². The smallest absolute Gasteiger partial charge is 0.228 e. The first-order valence-electron chi connectivity index (χ1n) is 5.98. The summed E-state index contributed by atoms with van der Waals surface area (Å²) in [6.07, 6.45) is 1.24. The Labute approximate surface area is 102 Å².